The Hall–Kier alpha value is -1.07. The summed E-state index contributed by atoms with van der Waals surface area (Å²) in [4.78, 5) is 16.1. The Morgan fingerprint density at radius 2 is 2.24 bits per heavy atom. The van der Waals surface area contributed by atoms with Gasteiger partial charge in [-0.15, -0.1) is 0 Å². The van der Waals surface area contributed by atoms with Gasteiger partial charge in [-0.05, 0) is 28.9 Å². The van der Waals surface area contributed by atoms with Crippen LogP contribution in [-0.2, 0) is 13.6 Å². The minimum Gasteiger partial charge on any atom is -0.321 e. The second-order valence-electron chi connectivity index (χ2n) is 3.83. The Bertz CT molecular complexity index is 618. The van der Waals surface area contributed by atoms with Gasteiger partial charge in [-0.25, -0.2) is 4.98 Å². The first kappa shape index (κ1) is 12.4. The molecule has 90 valence electrons. The van der Waals surface area contributed by atoms with Gasteiger partial charge >= 0.3 is 0 Å². The van der Waals surface area contributed by atoms with Gasteiger partial charge in [-0.2, -0.15) is 0 Å². The standard InChI is InChI=1S/C11H11BrClN3O/c1-7-3-8(12)5-16(11(7)17)6-10-14-4-9(13)15(10)2/h3-5H,6H2,1-2H3. The van der Waals surface area contributed by atoms with Crippen LogP contribution in [0.1, 0.15) is 11.4 Å². The molecule has 0 saturated heterocycles. The van der Waals surface area contributed by atoms with Crippen molar-refractivity contribution < 1.29 is 0 Å². The normalized spacial score (nSPS) is 10.8. The first-order chi connectivity index (χ1) is 7.99. The van der Waals surface area contributed by atoms with Crippen molar-refractivity contribution in [2.75, 3.05) is 0 Å². The molecule has 0 amide bonds. The molecule has 0 aromatic carbocycles. The molecule has 0 aliphatic heterocycles. The molecule has 0 spiro atoms. The van der Waals surface area contributed by atoms with Crippen LogP contribution in [0.5, 0.6) is 0 Å². The van der Waals surface area contributed by atoms with Crippen LogP contribution < -0.4 is 5.56 Å². The van der Waals surface area contributed by atoms with Crippen molar-refractivity contribution in [3.8, 4) is 0 Å². The van der Waals surface area contributed by atoms with E-state index in [9.17, 15) is 4.79 Å². The highest BCUT2D eigenvalue weighted by atomic mass is 79.9. The molecule has 0 N–H and O–H groups in total. The maximum Gasteiger partial charge on any atom is 0.253 e. The van der Waals surface area contributed by atoms with Crippen molar-refractivity contribution in [3.05, 3.63) is 49.8 Å². The fourth-order valence-corrected chi connectivity index (χ4v) is 2.32. The van der Waals surface area contributed by atoms with Crippen LogP contribution in [-0.4, -0.2) is 14.1 Å². The topological polar surface area (TPSA) is 39.8 Å². The third-order valence-electron chi connectivity index (χ3n) is 2.57. The van der Waals surface area contributed by atoms with Crippen LogP contribution in [0.4, 0.5) is 0 Å². The molecule has 0 bridgehead atoms. The molecule has 2 rings (SSSR count). The smallest absolute Gasteiger partial charge is 0.253 e. The molecule has 0 atom stereocenters. The maximum atomic E-state index is 11.9. The fraction of sp³-hybridized carbons (Fsp3) is 0.273. The molecule has 4 nitrogen and oxygen atoms in total. The number of pyridine rings is 1. The van der Waals surface area contributed by atoms with Gasteiger partial charge in [-0.3, -0.25) is 4.79 Å². The second-order valence-corrected chi connectivity index (χ2v) is 5.13. The van der Waals surface area contributed by atoms with E-state index in [0.717, 1.165) is 10.3 Å². The molecule has 2 aromatic rings. The molecule has 0 saturated carbocycles. The predicted octanol–water partition coefficient (Wildman–Crippen LogP) is 2.35. The van der Waals surface area contributed by atoms with E-state index in [0.29, 0.717) is 17.3 Å². The van der Waals surface area contributed by atoms with Crippen molar-refractivity contribution in [3.63, 3.8) is 0 Å². The monoisotopic (exact) mass is 315 g/mol. The summed E-state index contributed by atoms with van der Waals surface area (Å²) in [5, 5.41) is 0.555. The lowest BCUT2D eigenvalue weighted by molar-refractivity contribution is 0.674. The number of hydrogen-bond acceptors (Lipinski definition) is 2. The van der Waals surface area contributed by atoms with Crippen molar-refractivity contribution >= 4 is 27.5 Å². The molecule has 2 aromatic heterocycles. The molecule has 6 heteroatoms. The van der Waals surface area contributed by atoms with Gasteiger partial charge in [-0.1, -0.05) is 11.6 Å². The highest BCUT2D eigenvalue weighted by Crippen LogP contribution is 2.12. The van der Waals surface area contributed by atoms with Crippen molar-refractivity contribution in [2.24, 2.45) is 7.05 Å². The van der Waals surface area contributed by atoms with E-state index >= 15 is 0 Å². The summed E-state index contributed by atoms with van der Waals surface area (Å²) < 4.78 is 4.23. The Labute approximate surface area is 112 Å². The zero-order valence-electron chi connectivity index (χ0n) is 9.44. The lowest BCUT2D eigenvalue weighted by atomic mass is 10.3. The van der Waals surface area contributed by atoms with Crippen LogP contribution in [0.2, 0.25) is 5.15 Å². The van der Waals surface area contributed by atoms with Gasteiger partial charge < -0.3 is 9.13 Å². The highest BCUT2D eigenvalue weighted by Gasteiger charge is 2.08. The van der Waals surface area contributed by atoms with Gasteiger partial charge in [0.2, 0.25) is 0 Å². The fourth-order valence-electron chi connectivity index (χ4n) is 1.58. The minimum absolute atomic E-state index is 0.0210. The Morgan fingerprint density at radius 1 is 1.53 bits per heavy atom. The number of halogens is 2. The van der Waals surface area contributed by atoms with Gasteiger partial charge in [0.25, 0.3) is 5.56 Å². The minimum atomic E-state index is -0.0210. The summed E-state index contributed by atoms with van der Waals surface area (Å²) in [5.41, 5.74) is 0.673. The summed E-state index contributed by atoms with van der Waals surface area (Å²) in [6.07, 6.45) is 3.32. The van der Waals surface area contributed by atoms with Crippen molar-refractivity contribution in [1.29, 1.82) is 0 Å². The Balaban J connectivity index is 2.43. The second kappa shape index (κ2) is 4.66. The number of nitrogens with zero attached hydrogens (tertiary/aromatic N) is 3. The third kappa shape index (κ3) is 2.45. The molecular weight excluding hydrogens is 305 g/mol. The largest absolute Gasteiger partial charge is 0.321 e. The lowest BCUT2D eigenvalue weighted by Crippen LogP contribution is -2.23. The molecule has 0 fully saturated rings. The molecule has 0 radical (unpaired) electrons. The first-order valence-electron chi connectivity index (χ1n) is 5.01. The van der Waals surface area contributed by atoms with E-state index in [1.807, 2.05) is 7.05 Å². The summed E-state index contributed by atoms with van der Waals surface area (Å²) >= 11 is 9.27. The zero-order valence-corrected chi connectivity index (χ0v) is 11.8. The number of hydrogen-bond donors (Lipinski definition) is 0. The van der Waals surface area contributed by atoms with E-state index in [-0.39, 0.29) is 5.56 Å². The molecule has 0 unspecified atom stereocenters. The molecular formula is C11H11BrClN3O. The lowest BCUT2D eigenvalue weighted by Gasteiger charge is -2.08. The predicted molar refractivity (Wildman–Crippen MR) is 70.5 cm³/mol. The number of imidazole rings is 1. The first-order valence-corrected chi connectivity index (χ1v) is 6.19. The molecule has 2 heterocycles. The van der Waals surface area contributed by atoms with E-state index in [1.54, 1.807) is 34.5 Å². The van der Waals surface area contributed by atoms with E-state index in [1.165, 1.54) is 0 Å². The van der Waals surface area contributed by atoms with Crippen molar-refractivity contribution in [1.82, 2.24) is 14.1 Å². The number of aryl methyl sites for hydroxylation is 1. The molecule has 0 aliphatic carbocycles. The van der Waals surface area contributed by atoms with Crippen LogP contribution in [0.15, 0.2) is 27.7 Å². The zero-order chi connectivity index (χ0) is 12.6. The Morgan fingerprint density at radius 3 is 2.82 bits per heavy atom. The van der Waals surface area contributed by atoms with Gasteiger partial charge in [0.15, 0.2) is 0 Å². The van der Waals surface area contributed by atoms with E-state index < -0.39 is 0 Å². The number of rotatable bonds is 2. The SMILES string of the molecule is Cc1cc(Br)cn(Cc2ncc(Cl)n2C)c1=O. The average molecular weight is 317 g/mol. The van der Waals surface area contributed by atoms with E-state index in [2.05, 4.69) is 20.9 Å². The summed E-state index contributed by atoms with van der Waals surface area (Å²) in [7, 11) is 1.82. The van der Waals surface area contributed by atoms with Gasteiger partial charge in [0.05, 0.1) is 12.7 Å². The Kier molecular flexibility index (Phi) is 3.40. The van der Waals surface area contributed by atoms with E-state index in [4.69, 9.17) is 11.6 Å². The van der Waals surface area contributed by atoms with Crippen molar-refractivity contribution in [2.45, 2.75) is 13.5 Å². The quantitative estimate of drug-likeness (QED) is 0.853. The van der Waals surface area contributed by atoms with Crippen LogP contribution >= 0.6 is 27.5 Å². The van der Waals surface area contributed by atoms with Crippen LogP contribution in [0.25, 0.3) is 0 Å². The van der Waals surface area contributed by atoms with Crippen LogP contribution in [0, 0.1) is 6.92 Å². The average Bonchev–Trinajstić information content (AvgIpc) is 2.57. The summed E-state index contributed by atoms with van der Waals surface area (Å²) in [5.74, 6) is 0.745. The third-order valence-corrected chi connectivity index (χ3v) is 3.36. The van der Waals surface area contributed by atoms with Gasteiger partial charge in [0.1, 0.15) is 11.0 Å². The van der Waals surface area contributed by atoms with Gasteiger partial charge in [0, 0.05) is 23.3 Å². The highest BCUT2D eigenvalue weighted by molar-refractivity contribution is 9.10. The summed E-state index contributed by atoms with van der Waals surface area (Å²) in [6.45, 7) is 2.19. The number of aromatic nitrogens is 3. The molecule has 0 aliphatic rings. The molecule has 17 heavy (non-hydrogen) atoms. The van der Waals surface area contributed by atoms with Crippen LogP contribution in [0.3, 0.4) is 0 Å². The summed E-state index contributed by atoms with van der Waals surface area (Å²) in [6, 6.07) is 1.80. The maximum absolute atomic E-state index is 11.9.